The molecule has 1 amide bonds. The highest BCUT2D eigenvalue weighted by atomic mass is 19.1. The molecule has 86 valence electrons. The van der Waals surface area contributed by atoms with Crippen molar-refractivity contribution in [2.75, 3.05) is 18.6 Å². The summed E-state index contributed by atoms with van der Waals surface area (Å²) in [4.78, 5) is 13.2. The van der Waals surface area contributed by atoms with E-state index in [0.717, 1.165) is 0 Å². The van der Waals surface area contributed by atoms with Crippen molar-refractivity contribution < 1.29 is 13.9 Å². The van der Waals surface area contributed by atoms with Crippen LogP contribution in [-0.4, -0.2) is 25.6 Å². The number of benzene rings is 1. The molecule has 5 heteroatoms. The highest BCUT2D eigenvalue weighted by Crippen LogP contribution is 2.31. The van der Waals surface area contributed by atoms with Gasteiger partial charge in [0.1, 0.15) is 11.6 Å². The molecule has 1 aliphatic rings. The summed E-state index contributed by atoms with van der Waals surface area (Å²) in [5.74, 6) is -0.191. The number of methoxy groups -OCH3 is 1. The van der Waals surface area contributed by atoms with E-state index in [1.54, 1.807) is 0 Å². The Balaban J connectivity index is 2.37. The Bertz CT molecular complexity index is 422. The zero-order valence-corrected chi connectivity index (χ0v) is 8.94. The summed E-state index contributed by atoms with van der Waals surface area (Å²) in [5, 5.41) is 0. The van der Waals surface area contributed by atoms with Crippen LogP contribution in [0.1, 0.15) is 6.42 Å². The Morgan fingerprint density at radius 1 is 1.56 bits per heavy atom. The molecule has 1 aliphatic heterocycles. The van der Waals surface area contributed by atoms with Gasteiger partial charge < -0.3 is 15.4 Å². The molecule has 0 aliphatic carbocycles. The van der Waals surface area contributed by atoms with Crippen molar-refractivity contribution in [1.29, 1.82) is 0 Å². The van der Waals surface area contributed by atoms with Crippen molar-refractivity contribution >= 4 is 11.6 Å². The van der Waals surface area contributed by atoms with Crippen LogP contribution in [0.4, 0.5) is 10.1 Å². The minimum Gasteiger partial charge on any atom is -0.494 e. The molecule has 0 saturated carbocycles. The van der Waals surface area contributed by atoms with Gasteiger partial charge in [0.05, 0.1) is 18.8 Å². The van der Waals surface area contributed by atoms with Crippen LogP contribution in [0.25, 0.3) is 0 Å². The van der Waals surface area contributed by atoms with Crippen LogP contribution < -0.4 is 15.4 Å². The van der Waals surface area contributed by atoms with Gasteiger partial charge in [-0.2, -0.15) is 0 Å². The van der Waals surface area contributed by atoms with E-state index >= 15 is 0 Å². The molecule has 1 fully saturated rings. The van der Waals surface area contributed by atoms with Gasteiger partial charge in [-0.3, -0.25) is 4.79 Å². The summed E-state index contributed by atoms with van der Waals surface area (Å²) in [6.45, 7) is 0.544. The number of hydrogen-bond donors (Lipinski definition) is 1. The highest BCUT2D eigenvalue weighted by molar-refractivity contribution is 6.00. The Hall–Kier alpha value is -1.62. The number of nitrogens with two attached hydrogens (primary N) is 1. The van der Waals surface area contributed by atoms with Crippen LogP contribution in [0.5, 0.6) is 5.75 Å². The third-order valence-corrected chi connectivity index (χ3v) is 2.68. The Labute approximate surface area is 92.8 Å². The molecule has 1 aromatic carbocycles. The number of rotatable bonds is 2. The lowest BCUT2D eigenvalue weighted by molar-refractivity contribution is -0.118. The average Bonchev–Trinajstić information content (AvgIpc) is 2.60. The van der Waals surface area contributed by atoms with Crippen molar-refractivity contribution in [3.05, 3.63) is 24.0 Å². The van der Waals surface area contributed by atoms with Gasteiger partial charge in [-0.05, 0) is 18.6 Å². The fraction of sp³-hybridized carbons (Fsp3) is 0.364. The van der Waals surface area contributed by atoms with E-state index in [0.29, 0.717) is 24.4 Å². The van der Waals surface area contributed by atoms with E-state index in [9.17, 15) is 9.18 Å². The number of anilines is 1. The second-order valence-corrected chi connectivity index (χ2v) is 3.70. The third-order valence-electron chi connectivity index (χ3n) is 2.68. The topological polar surface area (TPSA) is 55.6 Å². The minimum absolute atomic E-state index is 0.148. The standard InChI is InChI=1S/C11H13FN2O2/c1-16-10-6-7(12)2-3-9(10)14-5-4-8(13)11(14)15/h2-3,6,8H,4-5,13H2,1H3. The van der Waals surface area contributed by atoms with Gasteiger partial charge in [-0.25, -0.2) is 4.39 Å². The smallest absolute Gasteiger partial charge is 0.244 e. The van der Waals surface area contributed by atoms with Crippen LogP contribution in [0.2, 0.25) is 0 Å². The van der Waals surface area contributed by atoms with Crippen molar-refractivity contribution in [2.45, 2.75) is 12.5 Å². The van der Waals surface area contributed by atoms with Crippen molar-refractivity contribution in [2.24, 2.45) is 5.73 Å². The molecule has 2 rings (SSSR count). The molecule has 0 radical (unpaired) electrons. The van der Waals surface area contributed by atoms with Gasteiger partial charge in [0, 0.05) is 12.6 Å². The lowest BCUT2D eigenvalue weighted by Crippen LogP contribution is -2.34. The van der Waals surface area contributed by atoms with Gasteiger partial charge in [-0.1, -0.05) is 0 Å². The van der Waals surface area contributed by atoms with Gasteiger partial charge >= 0.3 is 0 Å². The zero-order chi connectivity index (χ0) is 11.7. The molecular weight excluding hydrogens is 211 g/mol. The number of carbonyl (C=O) groups excluding carboxylic acids is 1. The molecule has 0 bridgehead atoms. The monoisotopic (exact) mass is 224 g/mol. The van der Waals surface area contributed by atoms with Gasteiger partial charge in [0.2, 0.25) is 5.91 Å². The predicted molar refractivity (Wildman–Crippen MR) is 57.9 cm³/mol. The average molecular weight is 224 g/mol. The van der Waals surface area contributed by atoms with Gasteiger partial charge in [-0.15, -0.1) is 0 Å². The molecule has 16 heavy (non-hydrogen) atoms. The maximum atomic E-state index is 13.0. The fourth-order valence-corrected chi connectivity index (χ4v) is 1.82. The lowest BCUT2D eigenvalue weighted by Gasteiger charge is -2.19. The molecule has 1 atom stereocenters. The normalized spacial score (nSPS) is 20.3. The maximum absolute atomic E-state index is 13.0. The second-order valence-electron chi connectivity index (χ2n) is 3.70. The van der Waals surface area contributed by atoms with E-state index in [1.807, 2.05) is 0 Å². The van der Waals surface area contributed by atoms with Gasteiger partial charge in [0.25, 0.3) is 0 Å². The minimum atomic E-state index is -0.463. The van der Waals surface area contributed by atoms with Crippen molar-refractivity contribution in [3.8, 4) is 5.75 Å². The van der Waals surface area contributed by atoms with E-state index in [-0.39, 0.29) is 5.91 Å². The van der Waals surface area contributed by atoms with E-state index in [2.05, 4.69) is 0 Å². The number of carbonyl (C=O) groups is 1. The largest absolute Gasteiger partial charge is 0.494 e. The Morgan fingerprint density at radius 2 is 2.31 bits per heavy atom. The van der Waals surface area contributed by atoms with E-state index < -0.39 is 11.9 Å². The molecule has 1 heterocycles. The molecule has 2 N–H and O–H groups in total. The fourth-order valence-electron chi connectivity index (χ4n) is 1.82. The lowest BCUT2D eigenvalue weighted by atomic mass is 10.2. The molecular formula is C11H13FN2O2. The highest BCUT2D eigenvalue weighted by Gasteiger charge is 2.31. The number of ether oxygens (including phenoxy) is 1. The summed E-state index contributed by atoms with van der Waals surface area (Å²) < 4.78 is 18.0. The maximum Gasteiger partial charge on any atom is 0.244 e. The Morgan fingerprint density at radius 3 is 2.88 bits per heavy atom. The summed E-state index contributed by atoms with van der Waals surface area (Å²) in [5.41, 5.74) is 6.19. The quantitative estimate of drug-likeness (QED) is 0.812. The molecule has 0 aromatic heterocycles. The van der Waals surface area contributed by atoms with Crippen LogP contribution in [0.15, 0.2) is 18.2 Å². The SMILES string of the molecule is COc1cc(F)ccc1N1CCC(N)C1=O. The molecule has 1 saturated heterocycles. The van der Waals surface area contributed by atoms with E-state index in [1.165, 1.54) is 30.2 Å². The second kappa shape index (κ2) is 4.09. The van der Waals surface area contributed by atoms with E-state index in [4.69, 9.17) is 10.5 Å². The number of nitrogens with zero attached hydrogens (tertiary/aromatic N) is 1. The summed E-state index contributed by atoms with van der Waals surface area (Å²) in [6.07, 6.45) is 0.610. The van der Waals surface area contributed by atoms with Crippen LogP contribution in [0.3, 0.4) is 0 Å². The van der Waals surface area contributed by atoms with Gasteiger partial charge in [0.15, 0.2) is 0 Å². The summed E-state index contributed by atoms with van der Waals surface area (Å²) >= 11 is 0. The third kappa shape index (κ3) is 1.74. The first-order valence-corrected chi connectivity index (χ1v) is 5.04. The number of amides is 1. The van der Waals surface area contributed by atoms with Crippen LogP contribution in [-0.2, 0) is 4.79 Å². The molecule has 1 unspecified atom stereocenters. The first-order valence-electron chi connectivity index (χ1n) is 5.04. The summed E-state index contributed by atoms with van der Waals surface area (Å²) in [7, 11) is 1.44. The molecule has 4 nitrogen and oxygen atoms in total. The molecule has 0 spiro atoms. The van der Waals surface area contributed by atoms with Crippen LogP contribution >= 0.6 is 0 Å². The zero-order valence-electron chi connectivity index (χ0n) is 8.94. The number of hydrogen-bond acceptors (Lipinski definition) is 3. The predicted octanol–water partition coefficient (Wildman–Crippen LogP) is 0.898. The Kier molecular flexibility index (Phi) is 2.78. The summed E-state index contributed by atoms with van der Waals surface area (Å²) in [6, 6.07) is 3.63. The van der Waals surface area contributed by atoms with Crippen LogP contribution in [0, 0.1) is 5.82 Å². The molecule has 1 aromatic rings. The first-order chi connectivity index (χ1) is 7.63. The number of halogens is 1. The first kappa shape index (κ1) is 10.9. The van der Waals surface area contributed by atoms with Crippen molar-refractivity contribution in [1.82, 2.24) is 0 Å². The van der Waals surface area contributed by atoms with Crippen molar-refractivity contribution in [3.63, 3.8) is 0 Å².